The second-order valence-electron chi connectivity index (χ2n) is 29.1. The molecule has 1 aliphatic carbocycles. The van der Waals surface area contributed by atoms with Crippen molar-refractivity contribution in [1.29, 1.82) is 5.26 Å². The van der Waals surface area contributed by atoms with Gasteiger partial charge in [0.05, 0.1) is 51.2 Å². The van der Waals surface area contributed by atoms with Crippen LogP contribution in [0.1, 0.15) is 115 Å². The number of hydrogen-bond acceptors (Lipinski definition) is 5. The molecule has 13 aromatic rings. The Morgan fingerprint density at radius 3 is 1.02 bits per heavy atom. The number of anilines is 9. The summed E-state index contributed by atoms with van der Waals surface area (Å²) < 4.78 is 8.74. The molecule has 0 N–H and O–H groups in total. The van der Waals surface area contributed by atoms with Crippen molar-refractivity contribution >= 4 is 51.2 Å². The van der Waals surface area contributed by atoms with Crippen LogP contribution in [0.25, 0.3) is 66.8 Å². The maximum atomic E-state index is 13.4. The van der Waals surface area contributed by atoms with Crippen LogP contribution >= 0.6 is 0 Å². The van der Waals surface area contributed by atoms with Crippen LogP contribution in [0.5, 0.6) is 0 Å². The molecule has 2 atom stereocenters. The number of nitriles is 1. The highest BCUT2D eigenvalue weighted by molar-refractivity contribution is 6.14. The predicted octanol–water partition coefficient (Wildman–Crippen LogP) is 23.4. The highest BCUT2D eigenvalue weighted by atomic mass is 16.5. The molecular formula is C91H66N4O. The number of nitrogens with zero attached hydrogens (tertiary/aromatic N) is 4. The topological polar surface area (TPSA) is 42.7 Å². The minimum atomic E-state index is -1.11. The largest absolute Gasteiger partial charge is 0.345 e. The molecule has 0 saturated carbocycles. The normalized spacial score (nSPS) is 18.6. The van der Waals surface area contributed by atoms with Crippen molar-refractivity contribution < 1.29 is 4.74 Å². The molecule has 2 unspecified atom stereocenters. The van der Waals surface area contributed by atoms with Crippen molar-refractivity contribution in [2.24, 2.45) is 0 Å². The Balaban J connectivity index is 0.985. The number of ether oxygens (including phenoxy) is 1. The van der Waals surface area contributed by atoms with Crippen LogP contribution < -0.4 is 14.7 Å². The van der Waals surface area contributed by atoms with Gasteiger partial charge in [0.15, 0.2) is 5.60 Å². The van der Waals surface area contributed by atoms with Crippen LogP contribution in [-0.4, -0.2) is 0 Å². The summed E-state index contributed by atoms with van der Waals surface area (Å²) in [6.07, 6.45) is 0. The van der Waals surface area contributed by atoms with Crippen LogP contribution in [0.2, 0.25) is 0 Å². The zero-order chi connectivity index (χ0) is 64.5. The first-order valence-electron chi connectivity index (χ1n) is 33.8. The Labute approximate surface area is 561 Å². The lowest BCUT2D eigenvalue weighted by atomic mass is 9.67. The number of fused-ring (bicyclic) bond motifs is 9. The Hall–Kier alpha value is -11.3. The van der Waals surface area contributed by atoms with Crippen molar-refractivity contribution in [3.8, 4) is 72.8 Å². The lowest BCUT2D eigenvalue weighted by molar-refractivity contribution is -0.0416. The lowest BCUT2D eigenvalue weighted by Crippen LogP contribution is -2.40. The van der Waals surface area contributed by atoms with E-state index < -0.39 is 27.4 Å². The minimum absolute atomic E-state index is 0.501. The van der Waals surface area contributed by atoms with Gasteiger partial charge in [0.25, 0.3) is 0 Å². The van der Waals surface area contributed by atoms with E-state index >= 15 is 0 Å². The van der Waals surface area contributed by atoms with Gasteiger partial charge < -0.3 is 19.4 Å². The van der Waals surface area contributed by atoms with Gasteiger partial charge in [-0.05, 0) is 174 Å². The Kier molecular flexibility index (Phi) is 10.9. The van der Waals surface area contributed by atoms with Gasteiger partial charge >= 0.3 is 0 Å². The smallest absolute Gasteiger partial charge is 0.151 e. The maximum Gasteiger partial charge on any atom is 0.151 e. The van der Waals surface area contributed by atoms with Crippen molar-refractivity contribution in [3.05, 3.63) is 340 Å². The van der Waals surface area contributed by atoms with Gasteiger partial charge in [-0.3, -0.25) is 0 Å². The van der Waals surface area contributed by atoms with Crippen LogP contribution in [-0.2, 0) is 32.2 Å². The average Bonchev–Trinajstić information content (AvgIpc) is 1.42. The molecule has 5 nitrogen and oxygen atoms in total. The van der Waals surface area contributed by atoms with E-state index in [1.807, 2.05) is 0 Å². The molecule has 7 aliphatic rings. The summed E-state index contributed by atoms with van der Waals surface area (Å²) >= 11 is 0. The van der Waals surface area contributed by atoms with Gasteiger partial charge in [-0.15, -0.1) is 0 Å². The van der Waals surface area contributed by atoms with E-state index in [4.69, 9.17) is 4.74 Å². The fourth-order valence-electron chi connectivity index (χ4n) is 18.3. The molecule has 1 spiro atoms. The van der Waals surface area contributed by atoms with Gasteiger partial charge in [-0.1, -0.05) is 248 Å². The van der Waals surface area contributed by atoms with Crippen LogP contribution in [0.15, 0.2) is 273 Å². The summed E-state index contributed by atoms with van der Waals surface area (Å²) in [5.74, 6) is 0. The number of hydrogen-bond donors (Lipinski definition) is 0. The molecule has 0 bridgehead atoms. The van der Waals surface area contributed by atoms with Crippen molar-refractivity contribution in [1.82, 2.24) is 0 Å². The average molecular weight is 1230 g/mol. The molecule has 0 fully saturated rings. The van der Waals surface area contributed by atoms with E-state index in [0.29, 0.717) is 5.56 Å². The molecule has 6 aliphatic heterocycles. The predicted molar refractivity (Wildman–Crippen MR) is 392 cm³/mol. The van der Waals surface area contributed by atoms with Gasteiger partial charge in [-0.25, -0.2) is 0 Å². The summed E-state index contributed by atoms with van der Waals surface area (Å²) in [6.45, 7) is 16.8. The molecule has 20 rings (SSSR count). The first kappa shape index (κ1) is 55.2. The monoisotopic (exact) mass is 1230 g/mol. The zero-order valence-electron chi connectivity index (χ0n) is 54.7. The molecule has 0 saturated heterocycles. The van der Waals surface area contributed by atoms with Crippen LogP contribution in [0.4, 0.5) is 51.2 Å². The fraction of sp³-hybridized carbons (Fsp3) is 0.132. The third kappa shape index (κ3) is 7.01. The van der Waals surface area contributed by atoms with Crippen molar-refractivity contribution in [2.75, 3.05) is 14.7 Å². The second kappa shape index (κ2) is 19.0. The number of rotatable bonds is 7. The van der Waals surface area contributed by atoms with E-state index in [9.17, 15) is 5.26 Å². The molecule has 0 radical (unpaired) electrons. The summed E-state index contributed by atoms with van der Waals surface area (Å²) in [7, 11) is 0. The summed E-state index contributed by atoms with van der Waals surface area (Å²) in [4.78, 5) is 7.69. The second-order valence-corrected chi connectivity index (χ2v) is 29.1. The third-order valence-corrected chi connectivity index (χ3v) is 23.0. The molecule has 456 valence electrons. The van der Waals surface area contributed by atoms with Crippen LogP contribution in [0.3, 0.4) is 0 Å². The molecule has 13 aromatic carbocycles. The van der Waals surface area contributed by atoms with Gasteiger partial charge in [0.1, 0.15) is 17.2 Å². The summed E-state index contributed by atoms with van der Waals surface area (Å²) in [6, 6.07) is 104. The number of benzene rings is 13. The van der Waals surface area contributed by atoms with E-state index in [1.54, 1.807) is 0 Å². The maximum absolute atomic E-state index is 13.4. The lowest BCUT2D eigenvalue weighted by Gasteiger charge is -2.51. The third-order valence-electron chi connectivity index (χ3n) is 23.0. The highest BCUT2D eigenvalue weighted by Crippen LogP contribution is 2.82. The first-order valence-corrected chi connectivity index (χ1v) is 33.8. The quantitative estimate of drug-likeness (QED) is 0.159. The van der Waals surface area contributed by atoms with Crippen LogP contribution in [0, 0.1) is 11.3 Å². The Bertz CT molecular complexity index is 5520. The molecule has 6 heterocycles. The minimum Gasteiger partial charge on any atom is -0.345 e. The van der Waals surface area contributed by atoms with Gasteiger partial charge in [0.2, 0.25) is 0 Å². The standard InChI is InChI=1S/C91H66N4O/c1-87(2)67-46-60(54-26-14-8-15-27-54)38-42-74(67)93(75-43-39-61(47-68(75)87)55-28-16-9-17-29-55)83-66(53-92)82-81-79-86(83)95-77-45-41-63(57-32-20-11-21-33-57)49-70(77)88(3,4)71-50-64(58-34-22-12-23-35-58)51-73(84(71)95)90(79,7)96-91(81)78-65(59-36-24-13-25-37-59)52-72-85(80(78)91)94(82)76-44-40-62(48-69(76)89(72,5)6)56-30-18-10-19-31-56/h8-52H,1-7H3. The first-order chi connectivity index (χ1) is 46.7. The zero-order valence-corrected chi connectivity index (χ0v) is 54.7. The van der Waals surface area contributed by atoms with E-state index in [1.165, 1.54) is 44.5 Å². The fourth-order valence-corrected chi connectivity index (χ4v) is 18.3. The highest BCUT2D eigenvalue weighted by Gasteiger charge is 2.74. The van der Waals surface area contributed by atoms with Gasteiger partial charge in [-0.2, -0.15) is 5.26 Å². The molecule has 0 aromatic heterocycles. The molecular weight excluding hydrogens is 1170 g/mol. The molecule has 5 heteroatoms. The van der Waals surface area contributed by atoms with E-state index in [-0.39, 0.29) is 0 Å². The van der Waals surface area contributed by atoms with Gasteiger partial charge in [0, 0.05) is 44.1 Å². The Morgan fingerprint density at radius 1 is 0.271 bits per heavy atom. The van der Waals surface area contributed by atoms with Crippen molar-refractivity contribution in [3.63, 3.8) is 0 Å². The van der Waals surface area contributed by atoms with Crippen molar-refractivity contribution in [2.45, 2.75) is 75.9 Å². The summed E-state index contributed by atoms with van der Waals surface area (Å²) in [5.41, 5.74) is 32.5. The summed E-state index contributed by atoms with van der Waals surface area (Å²) in [5, 5.41) is 13.4. The molecule has 0 amide bonds. The molecule has 96 heavy (non-hydrogen) atoms. The van der Waals surface area contributed by atoms with E-state index in [2.05, 4.69) is 342 Å². The Morgan fingerprint density at radius 2 is 0.604 bits per heavy atom. The SMILES string of the molecule is CC1(C)c2cc(-c3ccccc3)ccc2N(c2c(C#N)c3c4c5c2N2c6ccc(-c7ccccc7)cc6C(C)(C)c6cc(-c7ccccc7)cc(c62)C5(C)OC42c4c(-c5ccccc5)cc5c(c42)N3c2ccc(-c3ccccc3)cc2C5(C)C)c2ccc(-c3ccccc3)cc21. The van der Waals surface area contributed by atoms with E-state index in [0.717, 1.165) is 135 Å².